The molecule has 2 heterocycles. The molecule has 0 spiro atoms. The van der Waals surface area contributed by atoms with Gasteiger partial charge in [-0.1, -0.05) is 50.2 Å². The minimum atomic E-state index is -0.727. The van der Waals surface area contributed by atoms with Crippen LogP contribution in [0.1, 0.15) is 44.4 Å². The summed E-state index contributed by atoms with van der Waals surface area (Å²) in [5.74, 6) is 0.206. The standard InChI is InChI=1S/C23H31N3O/c1-3-25(4-2)19-15-23(20-12-6-5-7-13-20,21-14-8-9-16-24-21)22(27)26-17-10-11-18-26/h5-9,12-14,16H,3-4,10-11,15,17-19H2,1-2H3. The first-order valence-electron chi connectivity index (χ1n) is 10.2. The minimum Gasteiger partial charge on any atom is -0.342 e. The predicted octanol–water partition coefficient (Wildman–Crippen LogP) is 3.72. The van der Waals surface area contributed by atoms with E-state index in [1.54, 1.807) is 0 Å². The molecule has 0 saturated carbocycles. The summed E-state index contributed by atoms with van der Waals surface area (Å²) in [6.07, 6.45) is 4.73. The van der Waals surface area contributed by atoms with Crippen LogP contribution in [-0.2, 0) is 10.2 Å². The normalized spacial score (nSPS) is 16.5. The Balaban J connectivity index is 2.10. The van der Waals surface area contributed by atoms with E-state index in [2.05, 4.69) is 35.9 Å². The number of benzene rings is 1. The Morgan fingerprint density at radius 2 is 1.70 bits per heavy atom. The molecule has 3 rings (SSSR count). The van der Waals surface area contributed by atoms with Gasteiger partial charge in [-0.05, 0) is 56.6 Å². The Kier molecular flexibility index (Phi) is 6.62. The molecule has 1 aromatic heterocycles. The second-order valence-corrected chi connectivity index (χ2v) is 7.26. The number of nitrogens with zero attached hydrogens (tertiary/aromatic N) is 3. The first-order chi connectivity index (χ1) is 13.2. The molecule has 1 unspecified atom stereocenters. The molecule has 0 N–H and O–H groups in total. The SMILES string of the molecule is CCN(CC)CCC(C(=O)N1CCCC1)(c1ccccc1)c1ccccn1. The van der Waals surface area contributed by atoms with E-state index in [0.29, 0.717) is 0 Å². The summed E-state index contributed by atoms with van der Waals surface area (Å²) in [5, 5.41) is 0. The smallest absolute Gasteiger partial charge is 0.239 e. The Morgan fingerprint density at radius 1 is 1.04 bits per heavy atom. The molecule has 1 amide bonds. The van der Waals surface area contributed by atoms with E-state index in [9.17, 15) is 4.79 Å². The van der Waals surface area contributed by atoms with Crippen molar-refractivity contribution in [2.24, 2.45) is 0 Å². The highest BCUT2D eigenvalue weighted by Gasteiger charge is 2.45. The second kappa shape index (κ2) is 9.14. The van der Waals surface area contributed by atoms with Crippen LogP contribution < -0.4 is 0 Å². The number of carbonyl (C=O) groups is 1. The van der Waals surface area contributed by atoms with Crippen LogP contribution >= 0.6 is 0 Å². The highest BCUT2D eigenvalue weighted by molar-refractivity contribution is 5.92. The van der Waals surface area contributed by atoms with Crippen molar-refractivity contribution in [2.75, 3.05) is 32.7 Å². The monoisotopic (exact) mass is 365 g/mol. The zero-order chi connectivity index (χ0) is 19.1. The summed E-state index contributed by atoms with van der Waals surface area (Å²) in [7, 11) is 0. The molecule has 4 heteroatoms. The molecule has 0 bridgehead atoms. The van der Waals surface area contributed by atoms with E-state index in [1.807, 2.05) is 47.5 Å². The summed E-state index contributed by atoms with van der Waals surface area (Å²) in [6, 6.07) is 16.2. The topological polar surface area (TPSA) is 36.4 Å². The van der Waals surface area contributed by atoms with Crippen molar-refractivity contribution in [3.8, 4) is 0 Å². The van der Waals surface area contributed by atoms with Crippen molar-refractivity contribution in [2.45, 2.75) is 38.5 Å². The van der Waals surface area contributed by atoms with Crippen LogP contribution in [0.15, 0.2) is 54.7 Å². The van der Waals surface area contributed by atoms with Crippen molar-refractivity contribution < 1.29 is 4.79 Å². The number of hydrogen-bond donors (Lipinski definition) is 0. The van der Waals surface area contributed by atoms with Gasteiger partial charge in [-0.2, -0.15) is 0 Å². The Morgan fingerprint density at radius 3 is 2.30 bits per heavy atom. The van der Waals surface area contributed by atoms with Crippen molar-refractivity contribution in [3.05, 3.63) is 66.0 Å². The van der Waals surface area contributed by atoms with Gasteiger partial charge in [-0.3, -0.25) is 9.78 Å². The number of carbonyl (C=O) groups excluding carboxylic acids is 1. The maximum absolute atomic E-state index is 13.9. The Hall–Kier alpha value is -2.20. The van der Waals surface area contributed by atoms with E-state index in [0.717, 1.165) is 63.2 Å². The molecule has 0 aliphatic carbocycles. The number of hydrogen-bond acceptors (Lipinski definition) is 3. The number of likely N-dealkylation sites (tertiary alicyclic amines) is 1. The van der Waals surface area contributed by atoms with Crippen LogP contribution in [0.25, 0.3) is 0 Å². The lowest BCUT2D eigenvalue weighted by molar-refractivity contribution is -0.135. The van der Waals surface area contributed by atoms with Crippen LogP contribution in [0.5, 0.6) is 0 Å². The van der Waals surface area contributed by atoms with Gasteiger partial charge < -0.3 is 9.80 Å². The summed E-state index contributed by atoms with van der Waals surface area (Å²) in [4.78, 5) is 23.0. The van der Waals surface area contributed by atoms with E-state index >= 15 is 0 Å². The first-order valence-corrected chi connectivity index (χ1v) is 10.2. The number of pyridine rings is 1. The van der Waals surface area contributed by atoms with Gasteiger partial charge in [0, 0.05) is 19.3 Å². The molecule has 1 fully saturated rings. The summed E-state index contributed by atoms with van der Waals surface area (Å²) in [6.45, 7) is 8.91. The first kappa shape index (κ1) is 19.6. The predicted molar refractivity (Wildman–Crippen MR) is 110 cm³/mol. The van der Waals surface area contributed by atoms with Crippen molar-refractivity contribution in [1.82, 2.24) is 14.8 Å². The third kappa shape index (κ3) is 4.06. The fraction of sp³-hybridized carbons (Fsp3) is 0.478. The molecule has 4 nitrogen and oxygen atoms in total. The molecule has 1 aromatic carbocycles. The maximum Gasteiger partial charge on any atom is 0.239 e. The third-order valence-electron chi connectivity index (χ3n) is 5.82. The number of rotatable bonds is 8. The van der Waals surface area contributed by atoms with Gasteiger partial charge in [-0.25, -0.2) is 0 Å². The summed E-state index contributed by atoms with van der Waals surface area (Å²) < 4.78 is 0. The largest absolute Gasteiger partial charge is 0.342 e. The van der Waals surface area contributed by atoms with Gasteiger partial charge in [0.2, 0.25) is 5.91 Å². The summed E-state index contributed by atoms with van der Waals surface area (Å²) >= 11 is 0. The van der Waals surface area contributed by atoms with Crippen LogP contribution in [0.4, 0.5) is 0 Å². The van der Waals surface area contributed by atoms with Crippen LogP contribution in [0.2, 0.25) is 0 Å². The van der Waals surface area contributed by atoms with Crippen molar-refractivity contribution >= 4 is 5.91 Å². The van der Waals surface area contributed by atoms with E-state index in [-0.39, 0.29) is 5.91 Å². The average molecular weight is 366 g/mol. The minimum absolute atomic E-state index is 0.206. The van der Waals surface area contributed by atoms with Gasteiger partial charge >= 0.3 is 0 Å². The second-order valence-electron chi connectivity index (χ2n) is 7.26. The molecule has 2 aromatic rings. The molecule has 1 aliphatic heterocycles. The highest BCUT2D eigenvalue weighted by atomic mass is 16.2. The van der Waals surface area contributed by atoms with Gasteiger partial charge in [0.05, 0.1) is 5.69 Å². The molecule has 1 saturated heterocycles. The fourth-order valence-electron chi connectivity index (χ4n) is 4.15. The zero-order valence-corrected chi connectivity index (χ0v) is 16.6. The van der Waals surface area contributed by atoms with Crippen molar-refractivity contribution in [3.63, 3.8) is 0 Å². The Bertz CT molecular complexity index is 667. The molecule has 1 aliphatic rings. The zero-order valence-electron chi connectivity index (χ0n) is 16.6. The van der Waals surface area contributed by atoms with Gasteiger partial charge in [0.1, 0.15) is 5.41 Å². The maximum atomic E-state index is 13.9. The van der Waals surface area contributed by atoms with Gasteiger partial charge in [-0.15, -0.1) is 0 Å². The van der Waals surface area contributed by atoms with Crippen LogP contribution in [-0.4, -0.2) is 53.4 Å². The highest BCUT2D eigenvalue weighted by Crippen LogP contribution is 2.37. The quantitative estimate of drug-likeness (QED) is 0.715. The third-order valence-corrected chi connectivity index (χ3v) is 5.82. The van der Waals surface area contributed by atoms with Crippen molar-refractivity contribution in [1.29, 1.82) is 0 Å². The number of aromatic nitrogens is 1. The van der Waals surface area contributed by atoms with Gasteiger partial charge in [0.15, 0.2) is 0 Å². The summed E-state index contributed by atoms with van der Waals surface area (Å²) in [5.41, 5.74) is 1.18. The Labute approximate surface area is 163 Å². The molecular weight excluding hydrogens is 334 g/mol. The van der Waals surface area contributed by atoms with Gasteiger partial charge in [0.25, 0.3) is 0 Å². The van der Waals surface area contributed by atoms with Crippen LogP contribution in [0, 0.1) is 0 Å². The molecule has 27 heavy (non-hydrogen) atoms. The molecule has 0 radical (unpaired) electrons. The molecule has 1 atom stereocenters. The lowest BCUT2D eigenvalue weighted by atomic mass is 9.73. The lowest BCUT2D eigenvalue weighted by Gasteiger charge is -2.37. The molecule has 144 valence electrons. The molecular formula is C23H31N3O. The van der Waals surface area contributed by atoms with Crippen LogP contribution in [0.3, 0.4) is 0 Å². The fourth-order valence-corrected chi connectivity index (χ4v) is 4.15. The van der Waals surface area contributed by atoms with E-state index in [4.69, 9.17) is 0 Å². The average Bonchev–Trinajstić information content (AvgIpc) is 3.27. The van der Waals surface area contributed by atoms with E-state index < -0.39 is 5.41 Å². The van der Waals surface area contributed by atoms with E-state index in [1.165, 1.54) is 0 Å². The lowest BCUT2D eigenvalue weighted by Crippen LogP contribution is -2.49. The number of amides is 1.